The first-order chi connectivity index (χ1) is 5.11. The van der Waals surface area contributed by atoms with Crippen molar-refractivity contribution < 1.29 is 9.15 Å². The molecule has 58 valence electrons. The molecule has 1 aromatic carbocycles. The van der Waals surface area contributed by atoms with Crippen LogP contribution in [0.15, 0.2) is 18.2 Å². The van der Waals surface area contributed by atoms with Gasteiger partial charge >= 0.3 is 0 Å². The lowest BCUT2D eigenvalue weighted by Gasteiger charge is -1.92. The fourth-order valence-electron chi connectivity index (χ4n) is 0.825. The lowest BCUT2D eigenvalue weighted by Crippen LogP contribution is -1.91. The second-order valence-electron chi connectivity index (χ2n) is 2.43. The van der Waals surface area contributed by atoms with Gasteiger partial charge in [0.15, 0.2) is 7.05 Å². The van der Waals surface area contributed by atoms with Gasteiger partial charge in [-0.3, -0.25) is 0 Å². The molecule has 0 saturated carbocycles. The van der Waals surface area contributed by atoms with Crippen LogP contribution in [0, 0.1) is 17.6 Å². The summed E-state index contributed by atoms with van der Waals surface area (Å²) in [6, 6.07) is 4.26. The Labute approximate surface area is 64.2 Å². The Kier molecular flexibility index (Phi) is 1.98. The summed E-state index contributed by atoms with van der Waals surface area (Å²) in [5.41, 5.74) is 0.967. The van der Waals surface area contributed by atoms with Gasteiger partial charge in [-0.15, -0.1) is 0 Å². The molecule has 0 amide bonds. The van der Waals surface area contributed by atoms with Crippen LogP contribution in [0.4, 0.5) is 10.1 Å². The fourth-order valence-corrected chi connectivity index (χ4v) is 0.825. The molecule has 0 atom stereocenters. The van der Waals surface area contributed by atoms with Gasteiger partial charge in [0.2, 0.25) is 0 Å². The van der Waals surface area contributed by atoms with E-state index in [4.69, 9.17) is 0 Å². The van der Waals surface area contributed by atoms with Gasteiger partial charge < -0.3 is 0 Å². The zero-order valence-electron chi connectivity index (χ0n) is 6.47. The third-order valence-electron chi connectivity index (χ3n) is 1.51. The Hall–Kier alpha value is -1.25. The maximum atomic E-state index is 12.6. The van der Waals surface area contributed by atoms with E-state index in [0.717, 1.165) is 0 Å². The van der Waals surface area contributed by atoms with Crippen LogP contribution in [-0.4, -0.2) is 11.8 Å². The Bertz CT molecular complexity index is 296. The first-order valence-corrected chi connectivity index (χ1v) is 3.28. The zero-order chi connectivity index (χ0) is 8.43. The molecule has 0 aliphatic rings. The van der Waals surface area contributed by atoms with Crippen LogP contribution < -0.4 is 0 Å². The van der Waals surface area contributed by atoms with Gasteiger partial charge in [0.25, 0.3) is 5.69 Å². The standard InChI is InChI=1S/C8H9FNO/c1-6-5-7(10(2)11)3-4-8(6)9/h3-5H,1-2H3/q+1. The SMILES string of the molecule is Cc1cc([N+](C)=O)ccc1F. The van der Waals surface area contributed by atoms with Crippen molar-refractivity contribution >= 4 is 5.69 Å². The number of hydrogen-bond acceptors (Lipinski definition) is 1. The number of nitroso groups, excluding NO2 is 1. The number of benzene rings is 1. The molecule has 0 heterocycles. The van der Waals surface area contributed by atoms with E-state index >= 15 is 0 Å². The molecule has 0 aliphatic heterocycles. The minimum Gasteiger partial charge on any atom is -0.207 e. The normalized spacial score (nSPS) is 9.73. The molecule has 0 aliphatic carbocycles. The van der Waals surface area contributed by atoms with Crippen LogP contribution in [0.5, 0.6) is 0 Å². The summed E-state index contributed by atoms with van der Waals surface area (Å²) in [6.07, 6.45) is 0. The Morgan fingerprint density at radius 1 is 1.45 bits per heavy atom. The summed E-state index contributed by atoms with van der Waals surface area (Å²) in [7, 11) is 1.38. The van der Waals surface area contributed by atoms with Gasteiger partial charge in [0.05, 0.1) is 0 Å². The molecular weight excluding hydrogens is 145 g/mol. The monoisotopic (exact) mass is 154 g/mol. The first-order valence-electron chi connectivity index (χ1n) is 3.28. The van der Waals surface area contributed by atoms with Crippen molar-refractivity contribution in [3.05, 3.63) is 34.5 Å². The third-order valence-corrected chi connectivity index (χ3v) is 1.51. The second kappa shape index (κ2) is 2.78. The predicted molar refractivity (Wildman–Crippen MR) is 40.3 cm³/mol. The van der Waals surface area contributed by atoms with Crippen LogP contribution >= 0.6 is 0 Å². The lowest BCUT2D eigenvalue weighted by atomic mass is 10.2. The predicted octanol–water partition coefficient (Wildman–Crippen LogP) is 2.17. The molecule has 2 nitrogen and oxygen atoms in total. The average molecular weight is 154 g/mol. The smallest absolute Gasteiger partial charge is 0.207 e. The molecular formula is C8H9FNO+. The Morgan fingerprint density at radius 2 is 2.09 bits per heavy atom. The first kappa shape index (κ1) is 7.85. The van der Waals surface area contributed by atoms with Crippen LogP contribution in [0.2, 0.25) is 0 Å². The number of aryl methyl sites for hydroxylation is 1. The van der Waals surface area contributed by atoms with Crippen LogP contribution in [-0.2, 0) is 0 Å². The summed E-state index contributed by atoms with van der Waals surface area (Å²) in [4.78, 5) is 10.7. The molecule has 0 fully saturated rings. The molecule has 11 heavy (non-hydrogen) atoms. The maximum absolute atomic E-state index is 12.6. The van der Waals surface area contributed by atoms with E-state index in [0.29, 0.717) is 16.0 Å². The summed E-state index contributed by atoms with van der Waals surface area (Å²) in [5.74, 6) is -0.282. The van der Waals surface area contributed by atoms with Crippen LogP contribution in [0.1, 0.15) is 5.56 Å². The minimum atomic E-state index is -0.282. The molecule has 3 heteroatoms. The Balaban J connectivity index is 3.15. The van der Waals surface area contributed by atoms with E-state index in [9.17, 15) is 9.30 Å². The lowest BCUT2D eigenvalue weighted by molar-refractivity contribution is -0.428. The van der Waals surface area contributed by atoms with E-state index in [-0.39, 0.29) is 5.82 Å². The molecule has 0 aromatic heterocycles. The van der Waals surface area contributed by atoms with E-state index < -0.39 is 0 Å². The number of nitrogens with zero attached hydrogens (tertiary/aromatic N) is 1. The van der Waals surface area contributed by atoms with Gasteiger partial charge in [0, 0.05) is 21.8 Å². The molecule has 0 unspecified atom stereocenters. The van der Waals surface area contributed by atoms with Crippen molar-refractivity contribution in [2.24, 2.45) is 0 Å². The maximum Gasteiger partial charge on any atom is 0.256 e. The molecule has 0 N–H and O–H groups in total. The van der Waals surface area contributed by atoms with Crippen molar-refractivity contribution in [2.75, 3.05) is 7.05 Å². The van der Waals surface area contributed by atoms with Crippen molar-refractivity contribution in [1.29, 1.82) is 0 Å². The van der Waals surface area contributed by atoms with Crippen molar-refractivity contribution in [2.45, 2.75) is 6.92 Å². The van der Waals surface area contributed by atoms with E-state index in [1.54, 1.807) is 6.92 Å². The summed E-state index contributed by atoms with van der Waals surface area (Å²) >= 11 is 0. The molecule has 1 rings (SSSR count). The van der Waals surface area contributed by atoms with Crippen molar-refractivity contribution in [1.82, 2.24) is 0 Å². The van der Waals surface area contributed by atoms with Gasteiger partial charge in [-0.05, 0) is 18.6 Å². The molecule has 0 radical (unpaired) electrons. The molecule has 1 aromatic rings. The topological polar surface area (TPSA) is 20.1 Å². The molecule has 0 spiro atoms. The number of halogens is 1. The summed E-state index contributed by atoms with van der Waals surface area (Å²) in [5, 5.41) is 0. The van der Waals surface area contributed by atoms with Crippen LogP contribution in [0.25, 0.3) is 0 Å². The number of hydrogen-bond donors (Lipinski definition) is 0. The summed E-state index contributed by atoms with van der Waals surface area (Å²) < 4.78 is 13.3. The Morgan fingerprint density at radius 3 is 2.55 bits per heavy atom. The highest BCUT2D eigenvalue weighted by atomic mass is 19.1. The molecule has 0 bridgehead atoms. The van der Waals surface area contributed by atoms with Crippen LogP contribution in [0.3, 0.4) is 0 Å². The summed E-state index contributed by atoms with van der Waals surface area (Å²) in [6.45, 7) is 1.63. The highest BCUT2D eigenvalue weighted by Gasteiger charge is 2.07. The minimum absolute atomic E-state index is 0.282. The average Bonchev–Trinajstić information content (AvgIpc) is 1.94. The van der Waals surface area contributed by atoms with Crippen molar-refractivity contribution in [3.8, 4) is 0 Å². The van der Waals surface area contributed by atoms with E-state index in [1.807, 2.05) is 0 Å². The van der Waals surface area contributed by atoms with Gasteiger partial charge in [-0.2, -0.15) is 0 Å². The number of rotatable bonds is 1. The fraction of sp³-hybridized carbons (Fsp3) is 0.250. The van der Waals surface area contributed by atoms with Gasteiger partial charge in [-0.1, -0.05) is 0 Å². The zero-order valence-corrected chi connectivity index (χ0v) is 6.47. The quantitative estimate of drug-likeness (QED) is 0.567. The van der Waals surface area contributed by atoms with Gasteiger partial charge in [-0.25, -0.2) is 4.39 Å². The molecule has 0 saturated heterocycles. The van der Waals surface area contributed by atoms with Gasteiger partial charge in [0.1, 0.15) is 5.82 Å². The van der Waals surface area contributed by atoms with Crippen molar-refractivity contribution in [3.63, 3.8) is 0 Å². The highest BCUT2D eigenvalue weighted by molar-refractivity contribution is 5.34. The third kappa shape index (κ3) is 1.61. The largest absolute Gasteiger partial charge is 0.256 e. The highest BCUT2D eigenvalue weighted by Crippen LogP contribution is 2.14. The second-order valence-corrected chi connectivity index (χ2v) is 2.43. The van der Waals surface area contributed by atoms with E-state index in [2.05, 4.69) is 0 Å². The van der Waals surface area contributed by atoms with E-state index in [1.165, 1.54) is 25.2 Å².